The van der Waals surface area contributed by atoms with Crippen LogP contribution in [0.5, 0.6) is 0 Å². The highest BCUT2D eigenvalue weighted by atomic mass is 16.5. The maximum Gasteiger partial charge on any atom is 0.220 e. The molecule has 0 radical (unpaired) electrons. The molecule has 4 heteroatoms. The molecule has 4 nitrogen and oxygen atoms in total. The highest BCUT2D eigenvalue weighted by molar-refractivity contribution is 5.84. The Hall–Kier alpha value is -1.81. The summed E-state index contributed by atoms with van der Waals surface area (Å²) in [7, 11) is 0. The topological polar surface area (TPSA) is 54.1 Å². The molecule has 1 saturated heterocycles. The second-order valence-corrected chi connectivity index (χ2v) is 5.73. The second-order valence-electron chi connectivity index (χ2n) is 5.73. The van der Waals surface area contributed by atoms with Gasteiger partial charge in [0.05, 0.1) is 0 Å². The van der Waals surface area contributed by atoms with E-state index >= 15 is 0 Å². The van der Waals surface area contributed by atoms with E-state index < -0.39 is 0 Å². The van der Waals surface area contributed by atoms with Crippen LogP contribution < -0.4 is 5.32 Å². The van der Waals surface area contributed by atoms with Crippen molar-refractivity contribution < 1.29 is 9.53 Å². The van der Waals surface area contributed by atoms with Gasteiger partial charge in [-0.15, -0.1) is 0 Å². The number of carbonyl (C=O) groups is 1. The Morgan fingerprint density at radius 1 is 1.38 bits per heavy atom. The van der Waals surface area contributed by atoms with Crippen LogP contribution in [0.15, 0.2) is 30.5 Å². The molecule has 1 atom stereocenters. The Kier molecular flexibility index (Phi) is 4.55. The molecule has 1 amide bonds. The lowest BCUT2D eigenvalue weighted by Crippen LogP contribution is -2.26. The first-order valence-corrected chi connectivity index (χ1v) is 7.72. The fourth-order valence-corrected chi connectivity index (χ4v) is 2.90. The van der Waals surface area contributed by atoms with Gasteiger partial charge in [-0.3, -0.25) is 4.79 Å². The lowest BCUT2D eigenvalue weighted by atomic mass is 10.1. The van der Waals surface area contributed by atoms with Gasteiger partial charge in [-0.1, -0.05) is 18.2 Å². The zero-order valence-corrected chi connectivity index (χ0v) is 12.2. The van der Waals surface area contributed by atoms with Crippen LogP contribution in [-0.2, 0) is 16.0 Å². The highest BCUT2D eigenvalue weighted by Gasteiger charge is 2.15. The molecular weight excluding hydrogens is 264 g/mol. The summed E-state index contributed by atoms with van der Waals surface area (Å²) >= 11 is 0. The third-order valence-corrected chi connectivity index (χ3v) is 4.20. The fraction of sp³-hybridized carbons (Fsp3) is 0.471. The summed E-state index contributed by atoms with van der Waals surface area (Å²) in [6.07, 6.45) is 5.49. The molecule has 3 rings (SSSR count). The Labute approximate surface area is 124 Å². The van der Waals surface area contributed by atoms with Gasteiger partial charge in [0.2, 0.25) is 5.91 Å². The van der Waals surface area contributed by atoms with E-state index in [0.717, 1.165) is 44.5 Å². The third kappa shape index (κ3) is 3.64. The zero-order chi connectivity index (χ0) is 14.5. The molecule has 2 N–H and O–H groups in total. The van der Waals surface area contributed by atoms with E-state index in [4.69, 9.17) is 4.74 Å². The first kappa shape index (κ1) is 14.1. The maximum atomic E-state index is 11.9. The summed E-state index contributed by atoms with van der Waals surface area (Å²) in [5.41, 5.74) is 2.35. The first-order valence-electron chi connectivity index (χ1n) is 7.72. The highest BCUT2D eigenvalue weighted by Crippen LogP contribution is 2.19. The number of hydrogen-bond donors (Lipinski definition) is 2. The largest absolute Gasteiger partial charge is 0.381 e. The van der Waals surface area contributed by atoms with Crippen molar-refractivity contribution in [3.05, 3.63) is 36.0 Å². The van der Waals surface area contributed by atoms with Crippen molar-refractivity contribution in [2.75, 3.05) is 19.8 Å². The third-order valence-electron chi connectivity index (χ3n) is 4.20. The Morgan fingerprint density at radius 3 is 3.14 bits per heavy atom. The van der Waals surface area contributed by atoms with Crippen molar-refractivity contribution in [2.45, 2.75) is 25.7 Å². The first-order chi connectivity index (χ1) is 10.3. The summed E-state index contributed by atoms with van der Waals surface area (Å²) in [6.45, 7) is 2.49. The number of amides is 1. The maximum absolute atomic E-state index is 11.9. The number of aromatic amines is 1. The van der Waals surface area contributed by atoms with Crippen LogP contribution >= 0.6 is 0 Å². The quantitative estimate of drug-likeness (QED) is 0.857. The molecule has 2 aromatic rings. The standard InChI is InChI=1S/C17H22N2O2/c20-17(18-9-7-13-8-10-21-12-13)6-5-14-11-19-16-4-2-1-3-15(14)16/h1-4,11,13,19H,5-10,12H2,(H,18,20). The molecule has 1 aromatic carbocycles. The minimum Gasteiger partial charge on any atom is -0.381 e. The van der Waals surface area contributed by atoms with Crippen molar-refractivity contribution >= 4 is 16.8 Å². The Balaban J connectivity index is 1.43. The molecule has 0 bridgehead atoms. The molecule has 2 heterocycles. The van der Waals surface area contributed by atoms with Crippen LogP contribution in [0.25, 0.3) is 10.9 Å². The number of hydrogen-bond acceptors (Lipinski definition) is 2. The van der Waals surface area contributed by atoms with E-state index in [-0.39, 0.29) is 5.91 Å². The van der Waals surface area contributed by atoms with E-state index in [1.165, 1.54) is 10.9 Å². The van der Waals surface area contributed by atoms with Gasteiger partial charge in [-0.25, -0.2) is 0 Å². The molecule has 21 heavy (non-hydrogen) atoms. The van der Waals surface area contributed by atoms with Crippen molar-refractivity contribution in [1.29, 1.82) is 0 Å². The number of H-pyrrole nitrogens is 1. The molecular formula is C17H22N2O2. The van der Waals surface area contributed by atoms with Crippen LogP contribution in [0, 0.1) is 5.92 Å². The number of ether oxygens (including phenoxy) is 1. The normalized spacial score (nSPS) is 18.2. The number of rotatable bonds is 6. The molecule has 0 saturated carbocycles. The van der Waals surface area contributed by atoms with Crippen molar-refractivity contribution in [2.24, 2.45) is 5.92 Å². The summed E-state index contributed by atoms with van der Waals surface area (Å²) in [5.74, 6) is 0.762. The van der Waals surface area contributed by atoms with Gasteiger partial charge in [-0.05, 0) is 36.8 Å². The number of fused-ring (bicyclic) bond motifs is 1. The molecule has 1 fully saturated rings. The molecule has 1 aromatic heterocycles. The van der Waals surface area contributed by atoms with Gasteiger partial charge in [0.15, 0.2) is 0 Å². The van der Waals surface area contributed by atoms with Crippen LogP contribution in [0.4, 0.5) is 0 Å². The van der Waals surface area contributed by atoms with E-state index in [1.54, 1.807) is 0 Å². The minimum absolute atomic E-state index is 0.138. The minimum atomic E-state index is 0.138. The average molecular weight is 286 g/mol. The van der Waals surface area contributed by atoms with E-state index in [9.17, 15) is 4.79 Å². The molecule has 112 valence electrons. The summed E-state index contributed by atoms with van der Waals surface area (Å²) < 4.78 is 5.34. The summed E-state index contributed by atoms with van der Waals surface area (Å²) in [6, 6.07) is 8.20. The van der Waals surface area contributed by atoms with Gasteiger partial charge in [0.1, 0.15) is 0 Å². The van der Waals surface area contributed by atoms with E-state index in [1.807, 2.05) is 18.3 Å². The SMILES string of the molecule is O=C(CCc1c[nH]c2ccccc12)NCCC1CCOC1. The molecule has 1 aliphatic heterocycles. The van der Waals surface area contributed by atoms with Crippen molar-refractivity contribution in [3.8, 4) is 0 Å². The van der Waals surface area contributed by atoms with Crippen molar-refractivity contribution in [1.82, 2.24) is 10.3 Å². The van der Waals surface area contributed by atoms with Gasteiger partial charge < -0.3 is 15.0 Å². The lowest BCUT2D eigenvalue weighted by molar-refractivity contribution is -0.121. The number of aryl methyl sites for hydroxylation is 1. The van der Waals surface area contributed by atoms with Crippen molar-refractivity contribution in [3.63, 3.8) is 0 Å². The Bertz CT molecular complexity index is 600. The predicted molar refractivity (Wildman–Crippen MR) is 83.2 cm³/mol. The van der Waals surface area contributed by atoms with Gasteiger partial charge in [0, 0.05) is 43.3 Å². The molecule has 1 aliphatic rings. The van der Waals surface area contributed by atoms with Crippen LogP contribution in [-0.4, -0.2) is 30.6 Å². The number of nitrogens with one attached hydrogen (secondary N) is 2. The Morgan fingerprint density at radius 2 is 2.29 bits per heavy atom. The fourth-order valence-electron chi connectivity index (χ4n) is 2.90. The van der Waals surface area contributed by atoms with Gasteiger partial charge in [0.25, 0.3) is 0 Å². The average Bonchev–Trinajstić information content (AvgIpc) is 3.14. The lowest BCUT2D eigenvalue weighted by Gasteiger charge is -2.08. The zero-order valence-electron chi connectivity index (χ0n) is 12.2. The van der Waals surface area contributed by atoms with Gasteiger partial charge in [-0.2, -0.15) is 0 Å². The monoisotopic (exact) mass is 286 g/mol. The van der Waals surface area contributed by atoms with Crippen LogP contribution in [0.3, 0.4) is 0 Å². The van der Waals surface area contributed by atoms with Gasteiger partial charge >= 0.3 is 0 Å². The van der Waals surface area contributed by atoms with E-state index in [0.29, 0.717) is 12.3 Å². The molecule has 1 unspecified atom stereocenters. The number of carbonyl (C=O) groups excluding carboxylic acids is 1. The predicted octanol–water partition coefficient (Wildman–Crippen LogP) is 2.64. The summed E-state index contributed by atoms with van der Waals surface area (Å²) in [5, 5.41) is 4.23. The number of para-hydroxylation sites is 1. The number of aromatic nitrogens is 1. The number of benzene rings is 1. The smallest absolute Gasteiger partial charge is 0.220 e. The van der Waals surface area contributed by atoms with Crippen LogP contribution in [0.2, 0.25) is 0 Å². The molecule has 0 aliphatic carbocycles. The molecule has 0 spiro atoms. The summed E-state index contributed by atoms with van der Waals surface area (Å²) in [4.78, 5) is 15.1. The second kappa shape index (κ2) is 6.76. The van der Waals surface area contributed by atoms with Crippen LogP contribution in [0.1, 0.15) is 24.8 Å². The van der Waals surface area contributed by atoms with E-state index in [2.05, 4.69) is 22.4 Å².